The van der Waals surface area contributed by atoms with Crippen molar-refractivity contribution in [2.75, 3.05) is 13.4 Å². The van der Waals surface area contributed by atoms with Crippen LogP contribution < -0.4 is 0 Å². The zero-order valence-electron chi connectivity index (χ0n) is 7.74. The molecule has 0 aromatic carbocycles. The third-order valence-corrected chi connectivity index (χ3v) is 1.90. The molecule has 4 N–H and O–H groups in total. The lowest BCUT2D eigenvalue weighted by atomic mass is 10.2. The molecule has 0 amide bonds. The molecule has 86 valence electrons. The minimum absolute atomic E-state index is 0.241. The molecule has 0 fully saturated rings. The quantitative estimate of drug-likeness (QED) is 0.257. The van der Waals surface area contributed by atoms with E-state index >= 15 is 0 Å². The first-order valence-corrected chi connectivity index (χ1v) is 5.53. The molecule has 8 heteroatoms. The third-order valence-electron chi connectivity index (χ3n) is 1.46. The van der Waals surface area contributed by atoms with Crippen LogP contribution >= 0.6 is 7.82 Å². The highest BCUT2D eigenvalue weighted by Crippen LogP contribution is 2.35. The van der Waals surface area contributed by atoms with Crippen LogP contribution in [-0.4, -0.2) is 45.6 Å². The molecule has 0 aromatic heterocycles. The molecule has 0 aliphatic heterocycles. The van der Waals surface area contributed by atoms with Crippen molar-refractivity contribution >= 4 is 7.82 Å². The molecule has 0 rings (SSSR count). The van der Waals surface area contributed by atoms with Gasteiger partial charge in [-0.05, 0) is 6.42 Å². The number of rotatable bonds is 7. The summed E-state index contributed by atoms with van der Waals surface area (Å²) < 4.78 is 18.7. The number of aliphatic hydroxyl groups excluding tert-OH is 2. The summed E-state index contributed by atoms with van der Waals surface area (Å²) in [6, 6.07) is 0. The van der Waals surface area contributed by atoms with Crippen LogP contribution in [0.15, 0.2) is 0 Å². The van der Waals surface area contributed by atoms with Crippen LogP contribution in [0.4, 0.5) is 0 Å². The van der Waals surface area contributed by atoms with Gasteiger partial charge in [0.2, 0.25) is 0 Å². The molecule has 2 unspecified atom stereocenters. The molecular formula is C6H15O7P. The summed E-state index contributed by atoms with van der Waals surface area (Å²) in [5, 5.41) is 18.2. The molecule has 0 saturated heterocycles. The van der Waals surface area contributed by atoms with Crippen LogP contribution in [0.1, 0.15) is 13.3 Å². The molecule has 0 heterocycles. The lowest BCUT2D eigenvalue weighted by Gasteiger charge is -2.15. The van der Waals surface area contributed by atoms with Crippen molar-refractivity contribution < 1.29 is 33.8 Å². The van der Waals surface area contributed by atoms with Gasteiger partial charge in [-0.2, -0.15) is 0 Å². The molecular weight excluding hydrogens is 215 g/mol. The fourth-order valence-electron chi connectivity index (χ4n) is 0.658. The second kappa shape index (κ2) is 6.47. The largest absolute Gasteiger partial charge is 0.471 e. The predicted molar refractivity (Wildman–Crippen MR) is 46.3 cm³/mol. The van der Waals surface area contributed by atoms with E-state index in [2.05, 4.69) is 9.26 Å². The molecule has 0 bridgehead atoms. The van der Waals surface area contributed by atoms with E-state index in [0.29, 0.717) is 6.42 Å². The summed E-state index contributed by atoms with van der Waals surface area (Å²) in [5.74, 6) is 0. The second-order valence-electron chi connectivity index (χ2n) is 2.65. The predicted octanol–water partition coefficient (Wildman–Crippen LogP) is -0.798. The van der Waals surface area contributed by atoms with Crippen molar-refractivity contribution in [2.45, 2.75) is 25.6 Å². The van der Waals surface area contributed by atoms with Gasteiger partial charge in [0.25, 0.3) is 0 Å². The van der Waals surface area contributed by atoms with E-state index < -0.39 is 26.8 Å². The van der Waals surface area contributed by atoms with E-state index in [1.807, 2.05) is 0 Å². The van der Waals surface area contributed by atoms with Crippen LogP contribution in [0.2, 0.25) is 0 Å². The first-order chi connectivity index (χ1) is 6.37. The minimum atomic E-state index is -4.53. The second-order valence-corrected chi connectivity index (χ2v) is 3.89. The Balaban J connectivity index is 3.50. The molecule has 0 spiro atoms. The Morgan fingerprint density at radius 1 is 1.29 bits per heavy atom. The van der Waals surface area contributed by atoms with Crippen molar-refractivity contribution in [3.8, 4) is 0 Å². The fraction of sp³-hybridized carbons (Fsp3) is 1.00. The Labute approximate surface area is 81.5 Å². The van der Waals surface area contributed by atoms with Gasteiger partial charge in [0.15, 0.2) is 6.79 Å². The van der Waals surface area contributed by atoms with Crippen molar-refractivity contribution in [1.29, 1.82) is 0 Å². The van der Waals surface area contributed by atoms with Gasteiger partial charge in [-0.25, -0.2) is 4.57 Å². The van der Waals surface area contributed by atoms with Crippen LogP contribution in [0, 0.1) is 0 Å². The van der Waals surface area contributed by atoms with Gasteiger partial charge >= 0.3 is 7.82 Å². The van der Waals surface area contributed by atoms with Crippen molar-refractivity contribution in [2.24, 2.45) is 0 Å². The van der Waals surface area contributed by atoms with Crippen LogP contribution in [0.5, 0.6) is 0 Å². The van der Waals surface area contributed by atoms with Gasteiger partial charge < -0.3 is 24.7 Å². The zero-order valence-corrected chi connectivity index (χ0v) is 8.63. The zero-order chi connectivity index (χ0) is 11.2. The SMILES string of the molecule is CCC(O)C(O)COCOP(=O)(O)O. The summed E-state index contributed by atoms with van der Waals surface area (Å²) in [6.07, 6.45) is -1.63. The highest BCUT2D eigenvalue weighted by molar-refractivity contribution is 7.46. The molecule has 0 saturated carbocycles. The van der Waals surface area contributed by atoms with Gasteiger partial charge in [0.05, 0.1) is 12.7 Å². The number of aliphatic hydroxyl groups is 2. The molecule has 0 aliphatic rings. The van der Waals surface area contributed by atoms with Gasteiger partial charge in [-0.1, -0.05) is 6.92 Å². The average Bonchev–Trinajstić information content (AvgIpc) is 2.09. The number of phosphoric ester groups is 1. The fourth-order valence-corrected chi connectivity index (χ4v) is 0.870. The lowest BCUT2D eigenvalue weighted by molar-refractivity contribution is -0.0752. The van der Waals surface area contributed by atoms with Crippen molar-refractivity contribution in [3.05, 3.63) is 0 Å². The molecule has 0 aliphatic carbocycles. The Bertz CT molecular complexity index is 191. The third kappa shape index (κ3) is 7.40. The highest BCUT2D eigenvalue weighted by Gasteiger charge is 2.16. The Hall–Kier alpha value is -0.0100. The summed E-state index contributed by atoms with van der Waals surface area (Å²) in [7, 11) is -4.53. The normalized spacial score (nSPS) is 16.6. The number of phosphoric acid groups is 1. The molecule has 7 nitrogen and oxygen atoms in total. The maximum atomic E-state index is 10.1. The van der Waals surface area contributed by atoms with Gasteiger partial charge in [0, 0.05) is 0 Å². The molecule has 0 aromatic rings. The van der Waals surface area contributed by atoms with Crippen molar-refractivity contribution in [1.82, 2.24) is 0 Å². The van der Waals surface area contributed by atoms with E-state index in [4.69, 9.17) is 20.0 Å². The number of ether oxygens (including phenoxy) is 1. The Kier molecular flexibility index (Phi) is 6.46. The van der Waals surface area contributed by atoms with E-state index in [9.17, 15) is 4.57 Å². The summed E-state index contributed by atoms with van der Waals surface area (Å²) >= 11 is 0. The first-order valence-electron chi connectivity index (χ1n) is 4.00. The lowest BCUT2D eigenvalue weighted by Crippen LogP contribution is -2.30. The number of hydrogen-bond acceptors (Lipinski definition) is 5. The van der Waals surface area contributed by atoms with E-state index in [0.717, 1.165) is 0 Å². The standard InChI is InChI=1S/C6H15O7P/c1-2-5(7)6(8)3-12-4-13-14(9,10)11/h5-8H,2-4H2,1H3,(H2,9,10,11). The smallest absolute Gasteiger partial charge is 0.390 e. The Morgan fingerprint density at radius 2 is 1.86 bits per heavy atom. The van der Waals surface area contributed by atoms with Gasteiger partial charge in [-0.15, -0.1) is 0 Å². The van der Waals surface area contributed by atoms with E-state index in [1.165, 1.54) is 0 Å². The highest BCUT2D eigenvalue weighted by atomic mass is 31.2. The minimum Gasteiger partial charge on any atom is -0.390 e. The maximum absolute atomic E-state index is 10.1. The number of hydrogen-bond donors (Lipinski definition) is 4. The summed E-state index contributed by atoms with van der Waals surface area (Å²) in [4.78, 5) is 16.5. The molecule has 0 radical (unpaired) electrons. The van der Waals surface area contributed by atoms with E-state index in [1.54, 1.807) is 6.92 Å². The summed E-state index contributed by atoms with van der Waals surface area (Å²) in [5.41, 5.74) is 0. The van der Waals surface area contributed by atoms with Crippen LogP contribution in [-0.2, 0) is 13.8 Å². The van der Waals surface area contributed by atoms with Gasteiger partial charge in [-0.3, -0.25) is 4.52 Å². The van der Waals surface area contributed by atoms with Crippen LogP contribution in [0.25, 0.3) is 0 Å². The van der Waals surface area contributed by atoms with Crippen molar-refractivity contribution in [3.63, 3.8) is 0 Å². The first kappa shape index (κ1) is 14.0. The van der Waals surface area contributed by atoms with Crippen LogP contribution in [0.3, 0.4) is 0 Å². The maximum Gasteiger partial charge on any atom is 0.471 e. The Morgan fingerprint density at radius 3 is 2.29 bits per heavy atom. The molecule has 2 atom stereocenters. The topological polar surface area (TPSA) is 116 Å². The van der Waals surface area contributed by atoms with Gasteiger partial charge in [0.1, 0.15) is 6.10 Å². The molecule has 14 heavy (non-hydrogen) atoms. The summed E-state index contributed by atoms with van der Waals surface area (Å²) in [6.45, 7) is 0.812. The van der Waals surface area contributed by atoms with E-state index in [-0.39, 0.29) is 6.61 Å². The monoisotopic (exact) mass is 230 g/mol. The average molecular weight is 230 g/mol.